The third kappa shape index (κ3) is 2.40. The minimum absolute atomic E-state index is 0.183. The van der Waals surface area contributed by atoms with Crippen molar-refractivity contribution in [1.82, 2.24) is 10.3 Å². The number of hydrogen-bond acceptors (Lipinski definition) is 2. The van der Waals surface area contributed by atoms with Crippen molar-refractivity contribution in [2.75, 3.05) is 7.05 Å². The highest BCUT2D eigenvalue weighted by atomic mass is 19.1. The van der Waals surface area contributed by atoms with Gasteiger partial charge in [0.15, 0.2) is 0 Å². The summed E-state index contributed by atoms with van der Waals surface area (Å²) in [6.07, 6.45) is 1.83. The molecule has 0 radical (unpaired) electrons. The van der Waals surface area contributed by atoms with Crippen LogP contribution in [0, 0.1) is 5.82 Å². The fourth-order valence-electron chi connectivity index (χ4n) is 2.31. The quantitative estimate of drug-likeness (QED) is 0.780. The number of halogens is 1. The second-order valence-electron chi connectivity index (χ2n) is 4.75. The predicted octanol–water partition coefficient (Wildman–Crippen LogP) is 3.76. The van der Waals surface area contributed by atoms with Gasteiger partial charge in [0, 0.05) is 29.3 Å². The molecule has 2 nitrogen and oxygen atoms in total. The van der Waals surface area contributed by atoms with Crippen molar-refractivity contribution in [1.29, 1.82) is 0 Å². The summed E-state index contributed by atoms with van der Waals surface area (Å²) < 4.78 is 13.7. The second-order valence-corrected chi connectivity index (χ2v) is 4.75. The van der Waals surface area contributed by atoms with E-state index in [4.69, 9.17) is 0 Å². The number of hydrogen-bond donors (Lipinski definition) is 1. The molecule has 0 bridgehead atoms. The molecule has 0 saturated carbocycles. The Kier molecular flexibility index (Phi) is 3.44. The monoisotopic (exact) mass is 266 g/mol. The molecule has 3 rings (SSSR count). The molecule has 0 aliphatic rings. The van der Waals surface area contributed by atoms with E-state index in [1.54, 1.807) is 6.07 Å². The van der Waals surface area contributed by atoms with Gasteiger partial charge in [0.05, 0.1) is 5.52 Å². The zero-order chi connectivity index (χ0) is 13.9. The first-order chi connectivity index (χ1) is 9.78. The number of pyridine rings is 1. The van der Waals surface area contributed by atoms with Crippen molar-refractivity contribution in [3.05, 3.63) is 66.1 Å². The van der Waals surface area contributed by atoms with Crippen LogP contribution in [0.25, 0.3) is 22.0 Å². The van der Waals surface area contributed by atoms with E-state index < -0.39 is 0 Å². The van der Waals surface area contributed by atoms with Crippen LogP contribution in [0.2, 0.25) is 0 Å². The largest absolute Gasteiger partial charge is 0.316 e. The number of para-hydroxylation sites is 1. The van der Waals surface area contributed by atoms with Gasteiger partial charge in [-0.3, -0.25) is 4.98 Å². The molecule has 0 aliphatic carbocycles. The lowest BCUT2D eigenvalue weighted by Crippen LogP contribution is -2.07. The molecule has 0 aliphatic heterocycles. The normalized spacial score (nSPS) is 10.9. The maximum Gasteiger partial charge on any atom is 0.127 e. The van der Waals surface area contributed by atoms with Crippen molar-refractivity contribution >= 4 is 10.9 Å². The Morgan fingerprint density at radius 2 is 1.90 bits per heavy atom. The molecule has 0 atom stereocenters. The summed E-state index contributed by atoms with van der Waals surface area (Å²) in [5.41, 5.74) is 3.61. The average Bonchev–Trinajstić information content (AvgIpc) is 2.49. The van der Waals surface area contributed by atoms with Gasteiger partial charge in [0.1, 0.15) is 5.82 Å². The molecular formula is C17H15FN2. The van der Waals surface area contributed by atoms with Gasteiger partial charge < -0.3 is 5.32 Å². The minimum atomic E-state index is -0.183. The first kappa shape index (κ1) is 12.8. The number of aromatic nitrogens is 1. The smallest absolute Gasteiger partial charge is 0.127 e. The first-order valence-electron chi connectivity index (χ1n) is 6.56. The molecule has 0 spiro atoms. The molecule has 0 amide bonds. The van der Waals surface area contributed by atoms with Crippen molar-refractivity contribution in [2.24, 2.45) is 0 Å². The molecule has 20 heavy (non-hydrogen) atoms. The van der Waals surface area contributed by atoms with Crippen LogP contribution in [-0.4, -0.2) is 12.0 Å². The predicted molar refractivity (Wildman–Crippen MR) is 79.9 cm³/mol. The molecule has 3 heteroatoms. The fourth-order valence-corrected chi connectivity index (χ4v) is 2.31. The lowest BCUT2D eigenvalue weighted by Gasteiger charge is -2.07. The molecular weight excluding hydrogens is 251 g/mol. The van der Waals surface area contributed by atoms with E-state index in [0.29, 0.717) is 12.1 Å². The van der Waals surface area contributed by atoms with Gasteiger partial charge in [-0.05, 0) is 36.9 Å². The minimum Gasteiger partial charge on any atom is -0.316 e. The number of nitrogens with one attached hydrogen (secondary N) is 1. The van der Waals surface area contributed by atoms with Gasteiger partial charge in [-0.2, -0.15) is 0 Å². The zero-order valence-corrected chi connectivity index (χ0v) is 11.2. The number of nitrogens with zero attached hydrogens (tertiary/aromatic N) is 1. The van der Waals surface area contributed by atoms with Crippen LogP contribution in [0.4, 0.5) is 4.39 Å². The van der Waals surface area contributed by atoms with Crippen molar-refractivity contribution in [2.45, 2.75) is 6.54 Å². The summed E-state index contributed by atoms with van der Waals surface area (Å²) in [6.45, 7) is 0.515. The van der Waals surface area contributed by atoms with E-state index in [9.17, 15) is 4.39 Å². The van der Waals surface area contributed by atoms with Gasteiger partial charge in [0.25, 0.3) is 0 Å². The second kappa shape index (κ2) is 5.39. The molecule has 1 aromatic heterocycles. The van der Waals surface area contributed by atoms with Crippen LogP contribution >= 0.6 is 0 Å². The van der Waals surface area contributed by atoms with Crippen LogP contribution in [0.3, 0.4) is 0 Å². The number of rotatable bonds is 3. The van der Waals surface area contributed by atoms with Crippen LogP contribution < -0.4 is 5.32 Å². The number of fused-ring (bicyclic) bond motifs is 1. The number of benzene rings is 2. The maximum atomic E-state index is 13.7. The third-order valence-electron chi connectivity index (χ3n) is 3.34. The summed E-state index contributed by atoms with van der Waals surface area (Å²) in [4.78, 5) is 4.45. The molecule has 100 valence electrons. The van der Waals surface area contributed by atoms with Gasteiger partial charge >= 0.3 is 0 Å². The Morgan fingerprint density at radius 1 is 1.05 bits per heavy atom. The Bertz CT molecular complexity index is 753. The van der Waals surface area contributed by atoms with Gasteiger partial charge in [-0.25, -0.2) is 4.39 Å². The Morgan fingerprint density at radius 3 is 2.75 bits per heavy atom. The SMILES string of the molecule is CNCc1cc(-c2cnc3ccccc3c2)ccc1F. The van der Waals surface area contributed by atoms with Crippen molar-refractivity contribution < 1.29 is 4.39 Å². The van der Waals surface area contributed by atoms with E-state index in [1.807, 2.05) is 43.6 Å². The van der Waals surface area contributed by atoms with Crippen molar-refractivity contribution in [3.63, 3.8) is 0 Å². The molecule has 0 unspecified atom stereocenters. The van der Waals surface area contributed by atoms with E-state index in [-0.39, 0.29) is 5.82 Å². The fraction of sp³-hybridized carbons (Fsp3) is 0.118. The van der Waals surface area contributed by atoms with E-state index >= 15 is 0 Å². The topological polar surface area (TPSA) is 24.9 Å². The molecule has 2 aromatic carbocycles. The van der Waals surface area contributed by atoms with Crippen LogP contribution in [-0.2, 0) is 6.54 Å². The molecule has 1 N–H and O–H groups in total. The molecule has 0 saturated heterocycles. The van der Waals surface area contributed by atoms with Crippen LogP contribution in [0.1, 0.15) is 5.56 Å². The van der Waals surface area contributed by atoms with Crippen molar-refractivity contribution in [3.8, 4) is 11.1 Å². The van der Waals surface area contributed by atoms with Crippen LogP contribution in [0.5, 0.6) is 0 Å². The van der Waals surface area contributed by atoms with Gasteiger partial charge in [0.2, 0.25) is 0 Å². The van der Waals surface area contributed by atoms with E-state index in [1.165, 1.54) is 6.07 Å². The first-order valence-corrected chi connectivity index (χ1v) is 6.56. The summed E-state index contributed by atoms with van der Waals surface area (Å²) in [5, 5.41) is 4.06. The maximum absolute atomic E-state index is 13.7. The summed E-state index contributed by atoms with van der Waals surface area (Å²) in [7, 11) is 1.81. The zero-order valence-electron chi connectivity index (χ0n) is 11.2. The highest BCUT2D eigenvalue weighted by molar-refractivity contribution is 5.83. The molecule has 1 heterocycles. The van der Waals surface area contributed by atoms with E-state index in [0.717, 1.165) is 22.0 Å². The lowest BCUT2D eigenvalue weighted by molar-refractivity contribution is 0.601. The van der Waals surface area contributed by atoms with E-state index in [2.05, 4.69) is 16.4 Å². The Hall–Kier alpha value is -2.26. The average molecular weight is 266 g/mol. The van der Waals surface area contributed by atoms with Gasteiger partial charge in [-0.1, -0.05) is 24.3 Å². The lowest BCUT2D eigenvalue weighted by atomic mass is 10.0. The Labute approximate surface area is 117 Å². The van der Waals surface area contributed by atoms with Crippen LogP contribution in [0.15, 0.2) is 54.7 Å². The molecule has 3 aromatic rings. The summed E-state index contributed by atoms with van der Waals surface area (Å²) >= 11 is 0. The highest BCUT2D eigenvalue weighted by Crippen LogP contribution is 2.24. The third-order valence-corrected chi connectivity index (χ3v) is 3.34. The summed E-state index contributed by atoms with van der Waals surface area (Å²) in [6, 6.07) is 15.2. The van der Waals surface area contributed by atoms with Gasteiger partial charge in [-0.15, -0.1) is 0 Å². The molecule has 0 fully saturated rings. The highest BCUT2D eigenvalue weighted by Gasteiger charge is 2.06. The Balaban J connectivity index is 2.08. The standard InChI is InChI=1S/C17H15FN2/c1-19-10-15-8-12(6-7-16(15)18)14-9-13-4-2-3-5-17(13)20-11-14/h2-9,11,19H,10H2,1H3. The summed E-state index contributed by atoms with van der Waals surface area (Å²) in [5.74, 6) is -0.183.